The molecule has 1 aromatic rings. The molecule has 0 saturated carbocycles. The van der Waals surface area contributed by atoms with Gasteiger partial charge in [-0.05, 0) is 19.1 Å². The third kappa shape index (κ3) is 3.59. The Kier molecular flexibility index (Phi) is 4.94. The lowest BCUT2D eigenvalue weighted by Crippen LogP contribution is -2.30. The zero-order valence-electron chi connectivity index (χ0n) is 10.5. The summed E-state index contributed by atoms with van der Waals surface area (Å²) in [5.41, 5.74) is 0. The smallest absolute Gasteiger partial charge is 0.240 e. The van der Waals surface area contributed by atoms with E-state index in [2.05, 4.69) is 4.72 Å². The monoisotopic (exact) mass is 275 g/mol. The fraction of sp³-hybridized carbons (Fsp3) is 0.455. The number of aliphatic hydroxyl groups excluding tert-OH is 1. The van der Waals surface area contributed by atoms with Crippen LogP contribution in [0, 0.1) is 0 Å². The lowest BCUT2D eigenvalue weighted by molar-refractivity contribution is 0.198. The first kappa shape index (κ1) is 14.7. The number of ether oxygens (including phenoxy) is 2. The van der Waals surface area contributed by atoms with Crippen LogP contribution in [0.3, 0.4) is 0 Å². The minimum Gasteiger partial charge on any atom is -0.493 e. The quantitative estimate of drug-likeness (QED) is 0.783. The summed E-state index contributed by atoms with van der Waals surface area (Å²) in [6, 6.07) is 4.28. The van der Waals surface area contributed by atoms with Gasteiger partial charge in [-0.1, -0.05) is 0 Å². The summed E-state index contributed by atoms with van der Waals surface area (Å²) in [6.45, 7) is 1.45. The van der Waals surface area contributed by atoms with Crippen LogP contribution in [0.4, 0.5) is 0 Å². The molecule has 0 spiro atoms. The second-order valence-electron chi connectivity index (χ2n) is 3.72. The summed E-state index contributed by atoms with van der Waals surface area (Å²) in [7, 11) is -0.760. The Morgan fingerprint density at radius 2 is 1.89 bits per heavy atom. The number of hydrogen-bond donors (Lipinski definition) is 2. The number of rotatable bonds is 6. The molecule has 0 aromatic heterocycles. The molecule has 2 N–H and O–H groups in total. The van der Waals surface area contributed by atoms with E-state index in [0.29, 0.717) is 11.5 Å². The SMILES string of the molecule is COc1ccc(S(=O)(=O)NC[C@H](C)O)cc1OC. The summed E-state index contributed by atoms with van der Waals surface area (Å²) >= 11 is 0. The third-order valence-corrected chi connectivity index (χ3v) is 3.66. The van der Waals surface area contributed by atoms with Crippen LogP contribution in [0.2, 0.25) is 0 Å². The van der Waals surface area contributed by atoms with Crippen molar-refractivity contribution in [1.82, 2.24) is 4.72 Å². The van der Waals surface area contributed by atoms with Gasteiger partial charge in [-0.15, -0.1) is 0 Å². The summed E-state index contributed by atoms with van der Waals surface area (Å²) in [4.78, 5) is 0.0563. The van der Waals surface area contributed by atoms with Crippen molar-refractivity contribution in [1.29, 1.82) is 0 Å². The predicted octanol–water partition coefficient (Wildman–Crippen LogP) is 0.363. The van der Waals surface area contributed by atoms with Crippen molar-refractivity contribution < 1.29 is 23.0 Å². The third-order valence-electron chi connectivity index (χ3n) is 2.23. The van der Waals surface area contributed by atoms with E-state index in [-0.39, 0.29) is 11.4 Å². The van der Waals surface area contributed by atoms with Gasteiger partial charge in [0.2, 0.25) is 10.0 Å². The summed E-state index contributed by atoms with van der Waals surface area (Å²) < 4.78 is 36.1. The zero-order chi connectivity index (χ0) is 13.8. The minimum atomic E-state index is -3.66. The Bertz CT molecular complexity index is 498. The molecule has 0 radical (unpaired) electrons. The number of hydrogen-bond acceptors (Lipinski definition) is 5. The lowest BCUT2D eigenvalue weighted by Gasteiger charge is -2.11. The maximum atomic E-state index is 11.9. The first-order valence-corrected chi connectivity index (χ1v) is 6.78. The molecule has 0 heterocycles. The van der Waals surface area contributed by atoms with Crippen molar-refractivity contribution >= 4 is 10.0 Å². The maximum absolute atomic E-state index is 11.9. The standard InChI is InChI=1S/C11H17NO5S/c1-8(13)7-12-18(14,15)9-4-5-10(16-2)11(6-9)17-3/h4-6,8,12-13H,7H2,1-3H3/t8-/m0/s1. The highest BCUT2D eigenvalue weighted by molar-refractivity contribution is 7.89. The molecule has 102 valence electrons. The first-order valence-electron chi connectivity index (χ1n) is 5.30. The molecule has 1 atom stereocenters. The number of methoxy groups -OCH3 is 2. The van der Waals surface area contributed by atoms with Gasteiger partial charge in [-0.2, -0.15) is 0 Å². The Morgan fingerprint density at radius 1 is 1.28 bits per heavy atom. The van der Waals surface area contributed by atoms with Gasteiger partial charge >= 0.3 is 0 Å². The van der Waals surface area contributed by atoms with Gasteiger partial charge in [0.25, 0.3) is 0 Å². The van der Waals surface area contributed by atoms with Crippen LogP contribution in [0.1, 0.15) is 6.92 Å². The van der Waals surface area contributed by atoms with Crippen LogP contribution >= 0.6 is 0 Å². The number of sulfonamides is 1. The van der Waals surface area contributed by atoms with Crippen LogP contribution < -0.4 is 14.2 Å². The molecular formula is C11H17NO5S. The van der Waals surface area contributed by atoms with Gasteiger partial charge in [-0.25, -0.2) is 13.1 Å². The first-order chi connectivity index (χ1) is 8.40. The van der Waals surface area contributed by atoms with Crippen LogP contribution in [0.5, 0.6) is 11.5 Å². The Balaban J connectivity index is 3.02. The molecule has 0 unspecified atom stereocenters. The van der Waals surface area contributed by atoms with Crippen molar-refractivity contribution in [2.24, 2.45) is 0 Å². The number of aliphatic hydroxyl groups is 1. The molecule has 0 amide bonds. The van der Waals surface area contributed by atoms with Crippen molar-refractivity contribution in [3.8, 4) is 11.5 Å². The summed E-state index contributed by atoms with van der Waals surface area (Å²) in [5, 5.41) is 9.07. The van der Waals surface area contributed by atoms with E-state index in [4.69, 9.17) is 14.6 Å². The van der Waals surface area contributed by atoms with Crippen molar-refractivity contribution in [2.75, 3.05) is 20.8 Å². The molecule has 18 heavy (non-hydrogen) atoms. The highest BCUT2D eigenvalue weighted by Gasteiger charge is 2.17. The molecule has 6 nitrogen and oxygen atoms in total. The van der Waals surface area contributed by atoms with Gasteiger partial charge in [-0.3, -0.25) is 0 Å². The normalized spacial score (nSPS) is 13.1. The fourth-order valence-corrected chi connectivity index (χ4v) is 2.43. The Labute approximate surface area is 107 Å². The van der Waals surface area contributed by atoms with E-state index in [1.807, 2.05) is 0 Å². The topological polar surface area (TPSA) is 84.9 Å². The van der Waals surface area contributed by atoms with E-state index < -0.39 is 16.1 Å². The second-order valence-corrected chi connectivity index (χ2v) is 5.48. The zero-order valence-corrected chi connectivity index (χ0v) is 11.3. The molecule has 1 rings (SSSR count). The van der Waals surface area contributed by atoms with Crippen molar-refractivity contribution in [3.05, 3.63) is 18.2 Å². The van der Waals surface area contributed by atoms with Gasteiger partial charge < -0.3 is 14.6 Å². The highest BCUT2D eigenvalue weighted by Crippen LogP contribution is 2.29. The summed E-state index contributed by atoms with van der Waals surface area (Å²) in [6.07, 6.45) is -0.750. The molecule has 0 aliphatic carbocycles. The van der Waals surface area contributed by atoms with E-state index >= 15 is 0 Å². The van der Waals surface area contributed by atoms with E-state index in [1.165, 1.54) is 39.3 Å². The van der Waals surface area contributed by atoms with E-state index in [0.717, 1.165) is 0 Å². The Hall–Kier alpha value is -1.31. The van der Waals surface area contributed by atoms with Crippen molar-refractivity contribution in [2.45, 2.75) is 17.9 Å². The molecule has 0 aliphatic heterocycles. The Morgan fingerprint density at radius 3 is 2.39 bits per heavy atom. The highest BCUT2D eigenvalue weighted by atomic mass is 32.2. The lowest BCUT2D eigenvalue weighted by atomic mass is 10.3. The van der Waals surface area contributed by atoms with Crippen molar-refractivity contribution in [3.63, 3.8) is 0 Å². The molecule has 0 fully saturated rings. The molecule has 7 heteroatoms. The molecule has 0 aliphatic rings. The number of nitrogens with one attached hydrogen (secondary N) is 1. The van der Waals surface area contributed by atoms with Crippen LogP contribution in [0.25, 0.3) is 0 Å². The maximum Gasteiger partial charge on any atom is 0.240 e. The summed E-state index contributed by atoms with van der Waals surface area (Å²) in [5.74, 6) is 0.782. The molecule has 0 saturated heterocycles. The van der Waals surface area contributed by atoms with E-state index in [9.17, 15) is 8.42 Å². The molecule has 1 aromatic carbocycles. The van der Waals surface area contributed by atoms with Crippen LogP contribution in [-0.2, 0) is 10.0 Å². The van der Waals surface area contributed by atoms with Crippen LogP contribution in [-0.4, -0.2) is 40.4 Å². The molecule has 0 bridgehead atoms. The fourth-order valence-electron chi connectivity index (χ4n) is 1.30. The average Bonchev–Trinajstić information content (AvgIpc) is 2.35. The average molecular weight is 275 g/mol. The minimum absolute atomic E-state index is 0.0450. The van der Waals surface area contributed by atoms with Crippen LogP contribution in [0.15, 0.2) is 23.1 Å². The van der Waals surface area contributed by atoms with Gasteiger partial charge in [0.1, 0.15) is 0 Å². The molecular weight excluding hydrogens is 258 g/mol. The van der Waals surface area contributed by atoms with E-state index in [1.54, 1.807) is 0 Å². The van der Waals surface area contributed by atoms with Gasteiger partial charge in [0.05, 0.1) is 25.2 Å². The number of benzene rings is 1. The second kappa shape index (κ2) is 6.03. The predicted molar refractivity (Wildman–Crippen MR) is 66.4 cm³/mol. The van der Waals surface area contributed by atoms with Gasteiger partial charge in [0.15, 0.2) is 11.5 Å². The largest absolute Gasteiger partial charge is 0.493 e. The van der Waals surface area contributed by atoms with Gasteiger partial charge in [0, 0.05) is 12.6 Å².